The molecule has 5 heteroatoms. The third kappa shape index (κ3) is 4.93. The van der Waals surface area contributed by atoms with Gasteiger partial charge in [0.15, 0.2) is 0 Å². The first-order valence-electron chi connectivity index (χ1n) is 3.75. The Morgan fingerprint density at radius 2 is 1.71 bits per heavy atom. The number of pyridine rings is 1. The highest BCUT2D eigenvalue weighted by Gasteiger charge is 1.86. The highest BCUT2D eigenvalue weighted by Crippen LogP contribution is 2.12. The van der Waals surface area contributed by atoms with Gasteiger partial charge in [-0.05, 0) is 38.9 Å². The molecule has 0 atom stereocenters. The van der Waals surface area contributed by atoms with Crippen molar-refractivity contribution >= 4 is 55.8 Å². The van der Waals surface area contributed by atoms with Crippen LogP contribution in [0, 0.1) is 0 Å². The smallest absolute Gasteiger partial charge is 0.128 e. The van der Waals surface area contributed by atoms with Crippen molar-refractivity contribution in [2.75, 3.05) is 0 Å². The number of nitrogens with zero attached hydrogens (tertiary/aromatic N) is 1. The summed E-state index contributed by atoms with van der Waals surface area (Å²) in [6.45, 7) is 0. The first-order chi connectivity index (χ1) is 6.68. The minimum Gasteiger partial charge on any atom is -0.265 e. The van der Waals surface area contributed by atoms with E-state index in [0.717, 1.165) is 13.0 Å². The summed E-state index contributed by atoms with van der Waals surface area (Å²) < 4.78 is 3.01. The molecule has 0 fully saturated rings. The second kappa shape index (κ2) is 6.38. The van der Waals surface area contributed by atoms with Crippen LogP contribution in [0.15, 0.2) is 44.9 Å². The molecule has 14 heavy (non-hydrogen) atoms. The Morgan fingerprint density at radius 1 is 1.07 bits per heavy atom. The number of aromatic nitrogens is 1. The monoisotopic (exact) mass is 329 g/mol. The minimum atomic E-state index is 0.854. The van der Waals surface area contributed by atoms with Crippen molar-refractivity contribution < 1.29 is 0 Å². The van der Waals surface area contributed by atoms with Gasteiger partial charge in [0.25, 0.3) is 0 Å². The van der Waals surface area contributed by atoms with Gasteiger partial charge in [-0.2, -0.15) is 0 Å². The number of hydrogen-bond acceptors (Lipinski definition) is 2. The van der Waals surface area contributed by atoms with Crippen LogP contribution < -0.4 is 4.78 Å². The van der Waals surface area contributed by atoms with E-state index in [1.54, 1.807) is 12.4 Å². The summed E-state index contributed by atoms with van der Waals surface area (Å²) in [5, 5.41) is 0. The summed E-state index contributed by atoms with van der Waals surface area (Å²) in [4.78, 5) is 3.82. The van der Waals surface area contributed by atoms with E-state index < -0.39 is 0 Å². The maximum Gasteiger partial charge on any atom is 0.128 e. The van der Waals surface area contributed by atoms with Gasteiger partial charge in [0.1, 0.15) is 7.85 Å². The zero-order valence-electron chi connectivity index (χ0n) is 7.15. The van der Waals surface area contributed by atoms with Crippen molar-refractivity contribution in [3.05, 3.63) is 44.9 Å². The number of thiophene rings is 1. The maximum atomic E-state index is 5.37. The van der Waals surface area contributed by atoms with Crippen LogP contribution >= 0.6 is 43.2 Å². The van der Waals surface area contributed by atoms with Gasteiger partial charge in [0.05, 0.1) is 3.79 Å². The molecule has 2 rings (SSSR count). The first kappa shape index (κ1) is 11.9. The van der Waals surface area contributed by atoms with E-state index in [1.165, 1.54) is 11.3 Å². The molecule has 1 nitrogen and oxygen atoms in total. The molecule has 70 valence electrons. The summed E-state index contributed by atoms with van der Waals surface area (Å²) in [5.74, 6) is 0. The molecular weight excluding hydrogens is 325 g/mol. The summed E-state index contributed by atoms with van der Waals surface area (Å²) in [5.41, 5.74) is 0. The molecule has 0 aliphatic rings. The fourth-order valence-corrected chi connectivity index (χ4v) is 2.09. The molecule has 0 saturated heterocycles. The van der Waals surface area contributed by atoms with E-state index in [9.17, 15) is 0 Å². The molecule has 0 aliphatic carbocycles. The van der Waals surface area contributed by atoms with E-state index in [-0.39, 0.29) is 0 Å². The van der Waals surface area contributed by atoms with Crippen LogP contribution in [0.25, 0.3) is 0 Å². The predicted octanol–water partition coefficient (Wildman–Crippen LogP) is 3.15. The van der Waals surface area contributed by atoms with Gasteiger partial charge < -0.3 is 0 Å². The van der Waals surface area contributed by atoms with Crippen LogP contribution in [0.2, 0.25) is 0 Å². The standard InChI is InChI=1S/C5H4BrN.C4H2BBrS/c6-5-1-3-7-4-2-5;5-3-1-2-4(6)7-3/h1-4H;1-2H. The first-order valence-corrected chi connectivity index (χ1v) is 6.15. The Morgan fingerprint density at radius 3 is 1.93 bits per heavy atom. The Labute approximate surface area is 105 Å². The average Bonchev–Trinajstić information content (AvgIpc) is 2.52. The van der Waals surface area contributed by atoms with Gasteiger partial charge in [0.2, 0.25) is 0 Å². The van der Waals surface area contributed by atoms with E-state index in [4.69, 9.17) is 7.85 Å². The summed E-state index contributed by atoms with van der Waals surface area (Å²) in [6.07, 6.45) is 3.48. The van der Waals surface area contributed by atoms with E-state index in [2.05, 4.69) is 36.8 Å². The molecule has 0 bridgehead atoms. The number of halogens is 2. The Hall–Kier alpha value is -0.125. The maximum absolute atomic E-state index is 5.37. The van der Waals surface area contributed by atoms with Crippen LogP contribution in [-0.4, -0.2) is 12.8 Å². The normalized spacial score (nSPS) is 9.00. The Bertz CT molecular complexity index is 361. The van der Waals surface area contributed by atoms with Crippen LogP contribution in [0.1, 0.15) is 0 Å². The second-order valence-corrected chi connectivity index (χ2v) is 5.72. The van der Waals surface area contributed by atoms with Crippen molar-refractivity contribution in [2.24, 2.45) is 0 Å². The van der Waals surface area contributed by atoms with Gasteiger partial charge in [-0.3, -0.25) is 4.98 Å². The van der Waals surface area contributed by atoms with Gasteiger partial charge in [-0.15, -0.1) is 11.3 Å². The number of hydrogen-bond donors (Lipinski definition) is 0. The molecule has 2 aromatic heterocycles. The lowest BCUT2D eigenvalue weighted by Crippen LogP contribution is -1.88. The van der Waals surface area contributed by atoms with Crippen molar-refractivity contribution in [2.45, 2.75) is 0 Å². The lowest BCUT2D eigenvalue weighted by Gasteiger charge is -1.80. The summed E-state index contributed by atoms with van der Waals surface area (Å²) >= 11 is 8.08. The topological polar surface area (TPSA) is 12.9 Å². The number of rotatable bonds is 0. The molecule has 2 radical (unpaired) electrons. The van der Waals surface area contributed by atoms with E-state index in [1.807, 2.05) is 24.3 Å². The quantitative estimate of drug-likeness (QED) is 0.676. The lowest BCUT2D eigenvalue weighted by atomic mass is 10.1. The van der Waals surface area contributed by atoms with Crippen molar-refractivity contribution in [1.29, 1.82) is 0 Å². The summed E-state index contributed by atoms with van der Waals surface area (Å²) in [7, 11) is 5.37. The molecule has 2 aromatic rings. The summed E-state index contributed by atoms with van der Waals surface area (Å²) in [6, 6.07) is 7.58. The van der Waals surface area contributed by atoms with Gasteiger partial charge >= 0.3 is 0 Å². The van der Waals surface area contributed by atoms with Gasteiger partial charge in [0, 0.05) is 16.9 Å². The average molecular weight is 331 g/mol. The minimum absolute atomic E-state index is 0.854. The van der Waals surface area contributed by atoms with Crippen LogP contribution in [0.3, 0.4) is 0 Å². The molecule has 0 spiro atoms. The van der Waals surface area contributed by atoms with Crippen LogP contribution in [-0.2, 0) is 0 Å². The molecule has 0 amide bonds. The molecule has 0 N–H and O–H groups in total. The van der Waals surface area contributed by atoms with Crippen molar-refractivity contribution in [3.63, 3.8) is 0 Å². The van der Waals surface area contributed by atoms with E-state index >= 15 is 0 Å². The van der Waals surface area contributed by atoms with Gasteiger partial charge in [-0.1, -0.05) is 22.0 Å². The third-order valence-corrected chi connectivity index (χ3v) is 3.22. The van der Waals surface area contributed by atoms with Crippen LogP contribution in [0.5, 0.6) is 0 Å². The SMILES string of the molecule is Brc1ccncc1.[B]c1ccc(Br)s1. The van der Waals surface area contributed by atoms with Crippen LogP contribution in [0.4, 0.5) is 0 Å². The van der Waals surface area contributed by atoms with E-state index in [0.29, 0.717) is 0 Å². The fourth-order valence-electron chi connectivity index (χ4n) is 0.662. The highest BCUT2D eigenvalue weighted by atomic mass is 79.9. The Kier molecular flexibility index (Phi) is 5.44. The molecule has 0 aromatic carbocycles. The highest BCUT2D eigenvalue weighted by molar-refractivity contribution is 9.11. The molecule has 0 saturated carbocycles. The van der Waals surface area contributed by atoms with Crippen molar-refractivity contribution in [3.8, 4) is 0 Å². The van der Waals surface area contributed by atoms with Crippen molar-refractivity contribution in [1.82, 2.24) is 4.98 Å². The predicted molar refractivity (Wildman–Crippen MR) is 69.3 cm³/mol. The third-order valence-electron chi connectivity index (χ3n) is 1.23. The zero-order chi connectivity index (χ0) is 10.4. The largest absolute Gasteiger partial charge is 0.265 e. The second-order valence-electron chi connectivity index (χ2n) is 2.31. The Balaban J connectivity index is 0.000000140. The molecular formula is C9H6BBr2NS. The molecule has 2 heterocycles. The fraction of sp³-hybridized carbons (Fsp3) is 0. The molecule has 0 aliphatic heterocycles. The molecule has 0 unspecified atom stereocenters. The van der Waals surface area contributed by atoms with Gasteiger partial charge in [-0.25, -0.2) is 0 Å². The lowest BCUT2D eigenvalue weighted by molar-refractivity contribution is 1.32. The zero-order valence-corrected chi connectivity index (χ0v) is 11.1.